The Morgan fingerprint density at radius 2 is 1.81 bits per heavy atom. The van der Waals surface area contributed by atoms with Crippen LogP contribution in [-0.4, -0.2) is 47.9 Å². The molecule has 1 fully saturated rings. The number of methoxy groups -OCH3 is 1. The second-order valence-corrected chi connectivity index (χ2v) is 7.21. The number of anilines is 3. The van der Waals surface area contributed by atoms with Gasteiger partial charge in [0.05, 0.1) is 7.11 Å². The maximum absolute atomic E-state index is 13.4. The second kappa shape index (κ2) is 9.71. The normalized spacial score (nSPS) is 14.5. The molecule has 1 aromatic carbocycles. The van der Waals surface area contributed by atoms with Crippen LogP contribution in [0.25, 0.3) is 11.1 Å². The highest BCUT2D eigenvalue weighted by atomic mass is 19.3. The van der Waals surface area contributed by atoms with E-state index < -0.39 is 12.8 Å². The second-order valence-electron chi connectivity index (χ2n) is 7.21. The summed E-state index contributed by atoms with van der Waals surface area (Å²) in [5.41, 5.74) is 2.09. The predicted octanol–water partition coefficient (Wildman–Crippen LogP) is 4.83. The molecule has 1 aliphatic rings. The number of halogens is 3. The van der Waals surface area contributed by atoms with E-state index in [1.807, 2.05) is 11.0 Å². The molecule has 0 aliphatic carbocycles. The topological polar surface area (TPSA) is 72.4 Å². The van der Waals surface area contributed by atoms with Crippen LogP contribution < -0.4 is 19.7 Å². The number of rotatable bonds is 7. The summed E-state index contributed by atoms with van der Waals surface area (Å²) < 4.78 is 47.9. The van der Waals surface area contributed by atoms with Gasteiger partial charge < -0.3 is 19.7 Å². The summed E-state index contributed by atoms with van der Waals surface area (Å²) in [6.07, 6.45) is 3.41. The Labute approximate surface area is 183 Å². The van der Waals surface area contributed by atoms with Gasteiger partial charge in [-0.25, -0.2) is 14.4 Å². The number of aromatic nitrogens is 3. The highest BCUT2D eigenvalue weighted by Crippen LogP contribution is 2.31. The summed E-state index contributed by atoms with van der Waals surface area (Å²) >= 11 is 0. The lowest BCUT2D eigenvalue weighted by Crippen LogP contribution is -2.35. The predicted molar refractivity (Wildman–Crippen MR) is 115 cm³/mol. The highest BCUT2D eigenvalue weighted by Gasteiger charge is 2.20. The van der Waals surface area contributed by atoms with E-state index in [9.17, 15) is 13.2 Å². The van der Waals surface area contributed by atoms with Crippen molar-refractivity contribution in [1.82, 2.24) is 15.0 Å². The van der Waals surface area contributed by atoms with Gasteiger partial charge >= 0.3 is 6.61 Å². The lowest BCUT2D eigenvalue weighted by atomic mass is 10.1. The van der Waals surface area contributed by atoms with Gasteiger partial charge in [0.15, 0.2) is 0 Å². The number of hydrogen-bond donors (Lipinski definition) is 1. The minimum atomic E-state index is -2.87. The Morgan fingerprint density at radius 1 is 1.06 bits per heavy atom. The molecule has 168 valence electrons. The van der Waals surface area contributed by atoms with Crippen molar-refractivity contribution in [2.24, 2.45) is 0 Å². The summed E-state index contributed by atoms with van der Waals surface area (Å²) in [7, 11) is 1.51. The Morgan fingerprint density at radius 3 is 2.50 bits per heavy atom. The summed E-state index contributed by atoms with van der Waals surface area (Å²) in [5.74, 6) is 1.51. The molecular weight excluding hydrogens is 423 g/mol. The highest BCUT2D eigenvalue weighted by molar-refractivity contribution is 5.72. The first kappa shape index (κ1) is 21.7. The Bertz CT molecular complexity index is 1040. The van der Waals surface area contributed by atoms with Crippen molar-refractivity contribution in [3.63, 3.8) is 0 Å². The molecule has 0 bridgehead atoms. The molecule has 7 nitrogen and oxygen atoms in total. The van der Waals surface area contributed by atoms with Crippen molar-refractivity contribution >= 4 is 17.5 Å². The molecule has 4 rings (SSSR count). The Kier molecular flexibility index (Phi) is 6.58. The summed E-state index contributed by atoms with van der Waals surface area (Å²) in [4.78, 5) is 15.1. The zero-order chi connectivity index (χ0) is 22.5. The van der Waals surface area contributed by atoms with E-state index in [1.54, 1.807) is 30.6 Å². The number of alkyl halides is 3. The lowest BCUT2D eigenvalue weighted by Gasteiger charge is -2.28. The van der Waals surface area contributed by atoms with E-state index in [0.29, 0.717) is 49.3 Å². The van der Waals surface area contributed by atoms with Crippen LogP contribution in [-0.2, 0) is 0 Å². The standard InChI is InChI=1S/C22H22F3N5O2/c1-31-20-18(12-15(13-27-20)14-2-4-17(5-3-14)32-21(24)25)28-19-6-9-26-22(29-19)30-10-7-16(23)8-11-30/h2-6,9,12-13,16,21H,7-8,10-11H2,1H3,(H,26,28,29). The Balaban J connectivity index is 1.55. The average molecular weight is 445 g/mol. The van der Waals surface area contributed by atoms with Crippen molar-refractivity contribution in [2.75, 3.05) is 30.4 Å². The van der Waals surface area contributed by atoms with E-state index in [0.717, 1.165) is 11.1 Å². The van der Waals surface area contributed by atoms with E-state index in [2.05, 4.69) is 25.0 Å². The van der Waals surface area contributed by atoms with Gasteiger partial charge in [-0.05, 0) is 42.7 Å². The molecule has 0 radical (unpaired) electrons. The minimum absolute atomic E-state index is 0.0777. The van der Waals surface area contributed by atoms with Crippen molar-refractivity contribution in [1.29, 1.82) is 0 Å². The van der Waals surface area contributed by atoms with E-state index in [-0.39, 0.29) is 5.75 Å². The third-order valence-corrected chi connectivity index (χ3v) is 5.07. The number of benzene rings is 1. The molecule has 3 aromatic rings. The quantitative estimate of drug-likeness (QED) is 0.558. The third kappa shape index (κ3) is 5.19. The number of pyridine rings is 1. The molecule has 32 heavy (non-hydrogen) atoms. The molecule has 0 spiro atoms. The zero-order valence-corrected chi connectivity index (χ0v) is 17.3. The van der Waals surface area contributed by atoms with Crippen LogP contribution in [0.4, 0.5) is 30.6 Å². The Hall–Kier alpha value is -3.56. The fourth-order valence-corrected chi connectivity index (χ4v) is 3.45. The van der Waals surface area contributed by atoms with Gasteiger partial charge in [-0.1, -0.05) is 12.1 Å². The van der Waals surface area contributed by atoms with Crippen LogP contribution in [0, 0.1) is 0 Å². The van der Waals surface area contributed by atoms with E-state index in [4.69, 9.17) is 4.74 Å². The number of nitrogens with zero attached hydrogens (tertiary/aromatic N) is 4. The van der Waals surface area contributed by atoms with Crippen LogP contribution in [0.15, 0.2) is 48.8 Å². The molecule has 1 saturated heterocycles. The zero-order valence-electron chi connectivity index (χ0n) is 17.3. The SMILES string of the molecule is COc1ncc(-c2ccc(OC(F)F)cc2)cc1Nc1ccnc(N2CCC(F)CC2)n1. The first-order valence-electron chi connectivity index (χ1n) is 10.1. The van der Waals surface area contributed by atoms with Crippen molar-refractivity contribution < 1.29 is 22.6 Å². The van der Waals surface area contributed by atoms with Gasteiger partial charge in [-0.2, -0.15) is 13.8 Å². The molecule has 2 aromatic heterocycles. The molecule has 0 atom stereocenters. The van der Waals surface area contributed by atoms with Crippen molar-refractivity contribution in [3.8, 4) is 22.8 Å². The van der Waals surface area contributed by atoms with Gasteiger partial charge in [-0.15, -0.1) is 0 Å². The first-order valence-corrected chi connectivity index (χ1v) is 10.1. The van der Waals surface area contributed by atoms with Crippen LogP contribution in [0.5, 0.6) is 11.6 Å². The molecule has 1 N–H and O–H groups in total. The molecule has 1 aliphatic heterocycles. The summed E-state index contributed by atoms with van der Waals surface area (Å²) in [6.45, 7) is -1.74. The summed E-state index contributed by atoms with van der Waals surface area (Å²) in [6, 6.07) is 9.82. The van der Waals surface area contributed by atoms with E-state index >= 15 is 0 Å². The van der Waals surface area contributed by atoms with Crippen LogP contribution in [0.1, 0.15) is 12.8 Å². The van der Waals surface area contributed by atoms with Crippen LogP contribution in [0.2, 0.25) is 0 Å². The largest absolute Gasteiger partial charge is 0.480 e. The van der Waals surface area contributed by atoms with Gasteiger partial charge in [0.2, 0.25) is 11.8 Å². The molecule has 0 unspecified atom stereocenters. The first-order chi connectivity index (χ1) is 15.5. The molecular formula is C22H22F3N5O2. The maximum Gasteiger partial charge on any atom is 0.387 e. The third-order valence-electron chi connectivity index (χ3n) is 5.07. The van der Waals surface area contributed by atoms with Gasteiger partial charge in [0.25, 0.3) is 0 Å². The van der Waals surface area contributed by atoms with Crippen molar-refractivity contribution in [3.05, 3.63) is 48.8 Å². The monoisotopic (exact) mass is 445 g/mol. The van der Waals surface area contributed by atoms with Gasteiger partial charge in [0.1, 0.15) is 23.4 Å². The molecule has 10 heteroatoms. The average Bonchev–Trinajstić information content (AvgIpc) is 2.80. The van der Waals surface area contributed by atoms with Crippen LogP contribution >= 0.6 is 0 Å². The number of piperidine rings is 1. The lowest BCUT2D eigenvalue weighted by molar-refractivity contribution is -0.0498. The summed E-state index contributed by atoms with van der Waals surface area (Å²) in [5, 5.41) is 3.20. The van der Waals surface area contributed by atoms with Gasteiger partial charge in [0, 0.05) is 31.0 Å². The smallest absolute Gasteiger partial charge is 0.387 e. The number of hydrogen-bond acceptors (Lipinski definition) is 7. The fourth-order valence-electron chi connectivity index (χ4n) is 3.45. The van der Waals surface area contributed by atoms with Gasteiger partial charge in [-0.3, -0.25) is 0 Å². The maximum atomic E-state index is 13.4. The minimum Gasteiger partial charge on any atom is -0.480 e. The molecule has 3 heterocycles. The number of ether oxygens (including phenoxy) is 2. The number of nitrogens with one attached hydrogen (secondary N) is 1. The van der Waals surface area contributed by atoms with Crippen molar-refractivity contribution in [2.45, 2.75) is 25.6 Å². The molecule has 0 amide bonds. The molecule has 0 saturated carbocycles. The van der Waals surface area contributed by atoms with E-state index in [1.165, 1.54) is 19.2 Å². The fraction of sp³-hybridized carbons (Fsp3) is 0.318. The van der Waals surface area contributed by atoms with Crippen LogP contribution in [0.3, 0.4) is 0 Å².